The van der Waals surface area contributed by atoms with Gasteiger partial charge in [0.2, 0.25) is 0 Å². The lowest BCUT2D eigenvalue weighted by atomic mass is 9.88. The predicted molar refractivity (Wildman–Crippen MR) is 102 cm³/mol. The number of halogens is 3. The molecule has 0 saturated carbocycles. The van der Waals surface area contributed by atoms with Crippen LogP contribution < -0.4 is 4.90 Å². The Morgan fingerprint density at radius 3 is 2.52 bits per heavy atom. The van der Waals surface area contributed by atoms with E-state index in [1.165, 1.54) is 6.07 Å². The van der Waals surface area contributed by atoms with Crippen LogP contribution in [0.15, 0.2) is 18.2 Å². The number of rotatable bonds is 5. The van der Waals surface area contributed by atoms with E-state index in [1.54, 1.807) is 0 Å². The zero-order chi connectivity index (χ0) is 20.6. The Morgan fingerprint density at radius 2 is 2.00 bits per heavy atom. The second-order valence-corrected chi connectivity index (χ2v) is 11.5. The Bertz CT molecular complexity index is 706. The van der Waals surface area contributed by atoms with Crippen molar-refractivity contribution in [1.82, 2.24) is 0 Å². The molecule has 152 valence electrons. The molecular formula is C18H27F3N2O3Si. The number of nitro benzene ring substituents is 1. The van der Waals surface area contributed by atoms with Crippen LogP contribution in [0.2, 0.25) is 5.04 Å². The molecule has 0 aromatic heterocycles. The molecule has 0 N–H and O–H groups in total. The van der Waals surface area contributed by atoms with Gasteiger partial charge in [-0.25, -0.2) is 0 Å². The highest BCUT2D eigenvalue weighted by Crippen LogP contribution is 2.43. The van der Waals surface area contributed by atoms with E-state index in [4.69, 9.17) is 4.43 Å². The van der Waals surface area contributed by atoms with Crippen LogP contribution in [0.25, 0.3) is 0 Å². The minimum absolute atomic E-state index is 0.125. The summed E-state index contributed by atoms with van der Waals surface area (Å²) in [4.78, 5) is 11.9. The summed E-state index contributed by atoms with van der Waals surface area (Å²) in [5.74, 6) is 0.232. The molecule has 0 aliphatic carbocycles. The van der Waals surface area contributed by atoms with E-state index in [9.17, 15) is 23.3 Å². The fourth-order valence-electron chi connectivity index (χ4n) is 3.44. The van der Waals surface area contributed by atoms with E-state index in [1.807, 2.05) is 11.8 Å². The van der Waals surface area contributed by atoms with E-state index in [0.717, 1.165) is 18.6 Å². The monoisotopic (exact) mass is 404 g/mol. The molecule has 1 saturated heterocycles. The number of alkyl halides is 3. The fourth-order valence-corrected chi connectivity index (χ4v) is 4.57. The molecule has 0 spiro atoms. The summed E-state index contributed by atoms with van der Waals surface area (Å²) >= 11 is 0. The van der Waals surface area contributed by atoms with Crippen LogP contribution in [-0.4, -0.2) is 33.4 Å². The van der Waals surface area contributed by atoms with Crippen molar-refractivity contribution in [2.75, 3.05) is 18.1 Å². The maximum atomic E-state index is 13.3. The summed E-state index contributed by atoms with van der Waals surface area (Å²) in [6.07, 6.45) is -3.95. The van der Waals surface area contributed by atoms with Crippen molar-refractivity contribution in [3.63, 3.8) is 0 Å². The smallest absolute Gasteiger partial charge is 0.421 e. The van der Waals surface area contributed by atoms with E-state index >= 15 is 0 Å². The van der Waals surface area contributed by atoms with Gasteiger partial charge in [0.25, 0.3) is 5.69 Å². The molecular weight excluding hydrogens is 377 g/mol. The molecule has 2 unspecified atom stereocenters. The van der Waals surface area contributed by atoms with Crippen LogP contribution in [-0.2, 0) is 10.6 Å². The molecule has 27 heavy (non-hydrogen) atoms. The lowest BCUT2D eigenvalue weighted by Crippen LogP contribution is -2.49. The highest BCUT2D eigenvalue weighted by atomic mass is 28.2. The topological polar surface area (TPSA) is 55.6 Å². The molecule has 9 heteroatoms. The zero-order valence-corrected chi connectivity index (χ0v) is 17.8. The van der Waals surface area contributed by atoms with E-state index in [-0.39, 0.29) is 11.0 Å². The van der Waals surface area contributed by atoms with Crippen molar-refractivity contribution in [3.8, 4) is 0 Å². The number of hydrogen-bond donors (Lipinski definition) is 0. The normalized spacial score (nSPS) is 24.1. The Labute approximate surface area is 160 Å². The molecule has 0 amide bonds. The molecule has 2 atom stereocenters. The second kappa shape index (κ2) is 7.42. The van der Waals surface area contributed by atoms with Gasteiger partial charge in [0, 0.05) is 18.3 Å². The van der Waals surface area contributed by atoms with Crippen LogP contribution in [0.1, 0.15) is 46.6 Å². The van der Waals surface area contributed by atoms with Gasteiger partial charge in [0.05, 0.1) is 17.1 Å². The van der Waals surface area contributed by atoms with Gasteiger partial charge in [0.15, 0.2) is 9.76 Å². The van der Waals surface area contributed by atoms with Gasteiger partial charge in [-0.1, -0.05) is 27.7 Å². The molecule has 1 aromatic rings. The Hall–Kier alpha value is -1.61. The number of nitrogens with zero attached hydrogens (tertiary/aromatic N) is 2. The van der Waals surface area contributed by atoms with Crippen LogP contribution in [0.3, 0.4) is 0 Å². The summed E-state index contributed by atoms with van der Waals surface area (Å²) in [6.45, 7) is 11.4. The lowest BCUT2D eigenvalue weighted by Gasteiger charge is -2.40. The van der Waals surface area contributed by atoms with Crippen molar-refractivity contribution in [3.05, 3.63) is 33.9 Å². The Balaban J connectivity index is 2.36. The van der Waals surface area contributed by atoms with Gasteiger partial charge < -0.3 is 9.33 Å². The Morgan fingerprint density at radius 1 is 1.37 bits per heavy atom. The van der Waals surface area contributed by atoms with Crippen molar-refractivity contribution in [2.24, 2.45) is 5.92 Å². The Kier molecular flexibility index (Phi) is 5.96. The summed E-state index contributed by atoms with van der Waals surface area (Å²) in [7, 11) is -0.790. The highest BCUT2D eigenvalue weighted by Gasteiger charge is 2.45. The minimum Gasteiger partial charge on any atom is -0.421 e. The van der Waals surface area contributed by atoms with E-state index in [0.29, 0.717) is 18.8 Å². The number of hydrogen-bond acceptors (Lipinski definition) is 4. The number of benzene rings is 1. The molecule has 1 aliphatic rings. The SMILES string of the molecule is CC1CCN(c2ccc([N+](=O)[O-])c(C(F)(F)F)c2)C1(C)CO[SiH2]C(C)(C)C. The third-order valence-electron chi connectivity index (χ3n) is 5.19. The van der Waals surface area contributed by atoms with Crippen molar-refractivity contribution in [1.29, 1.82) is 0 Å². The van der Waals surface area contributed by atoms with Gasteiger partial charge in [-0.15, -0.1) is 0 Å². The van der Waals surface area contributed by atoms with E-state index < -0.39 is 37.7 Å². The van der Waals surface area contributed by atoms with Crippen molar-refractivity contribution in [2.45, 2.75) is 57.8 Å². The first-order valence-corrected chi connectivity index (χ1v) is 10.3. The lowest BCUT2D eigenvalue weighted by molar-refractivity contribution is -0.388. The highest BCUT2D eigenvalue weighted by molar-refractivity contribution is 6.31. The van der Waals surface area contributed by atoms with Gasteiger partial charge in [0.1, 0.15) is 5.56 Å². The molecule has 1 fully saturated rings. The third-order valence-corrected chi connectivity index (χ3v) is 6.46. The first kappa shape index (κ1) is 21.7. The summed E-state index contributed by atoms with van der Waals surface area (Å²) < 4.78 is 46.0. The van der Waals surface area contributed by atoms with Gasteiger partial charge in [-0.2, -0.15) is 13.2 Å². The maximum absolute atomic E-state index is 13.3. The van der Waals surface area contributed by atoms with E-state index in [2.05, 4.69) is 27.7 Å². The molecule has 0 radical (unpaired) electrons. The molecule has 5 nitrogen and oxygen atoms in total. The first-order valence-electron chi connectivity index (χ1n) is 8.97. The van der Waals surface area contributed by atoms with Crippen LogP contribution in [0.4, 0.5) is 24.5 Å². The summed E-state index contributed by atoms with van der Waals surface area (Å²) in [6, 6.07) is 3.26. The second-order valence-electron chi connectivity index (χ2n) is 8.71. The van der Waals surface area contributed by atoms with Gasteiger partial charge in [-0.3, -0.25) is 10.1 Å². The maximum Gasteiger partial charge on any atom is 0.423 e. The molecule has 1 heterocycles. The molecule has 0 bridgehead atoms. The quantitative estimate of drug-likeness (QED) is 0.411. The fraction of sp³-hybridized carbons (Fsp3) is 0.667. The molecule has 1 aromatic carbocycles. The summed E-state index contributed by atoms with van der Waals surface area (Å²) in [5.41, 5.74) is -2.23. The van der Waals surface area contributed by atoms with Gasteiger partial charge >= 0.3 is 6.18 Å². The zero-order valence-electron chi connectivity index (χ0n) is 16.4. The minimum atomic E-state index is -4.78. The third kappa shape index (κ3) is 4.81. The van der Waals surface area contributed by atoms with Crippen LogP contribution in [0, 0.1) is 16.0 Å². The van der Waals surface area contributed by atoms with Crippen molar-refractivity contribution < 1.29 is 22.5 Å². The predicted octanol–water partition coefficient (Wildman–Crippen LogP) is 4.54. The first-order chi connectivity index (χ1) is 12.3. The number of nitro groups is 1. The average molecular weight is 405 g/mol. The van der Waals surface area contributed by atoms with Crippen LogP contribution >= 0.6 is 0 Å². The standard InChI is InChI=1S/C18H27F3N2O3Si/c1-12-8-9-22(17(12,5)11-26-27-16(2,3)4)13-6-7-15(23(24)25)14(10-13)18(19,20)21/h6-7,10,12H,8-9,11,27H2,1-5H3. The van der Waals surface area contributed by atoms with Crippen LogP contribution in [0.5, 0.6) is 0 Å². The molecule has 1 aliphatic heterocycles. The van der Waals surface area contributed by atoms with Gasteiger partial charge in [-0.05, 0) is 36.4 Å². The number of anilines is 1. The largest absolute Gasteiger partial charge is 0.423 e. The summed E-state index contributed by atoms with van der Waals surface area (Å²) in [5, 5.41) is 11.1. The molecule has 2 rings (SSSR count). The van der Waals surface area contributed by atoms with Crippen molar-refractivity contribution >= 4 is 21.1 Å². The average Bonchev–Trinajstić information content (AvgIpc) is 2.80.